The first-order valence-electron chi connectivity index (χ1n) is 34.2. The molecule has 0 saturated carbocycles. The van der Waals surface area contributed by atoms with E-state index in [1.807, 2.05) is 0 Å². The van der Waals surface area contributed by atoms with Crippen LogP contribution in [-0.4, -0.2) is 205 Å². The maximum Gasteiger partial charge on any atom is 0.500 e. The summed E-state index contributed by atoms with van der Waals surface area (Å²) in [4.78, 5) is 46.9. The lowest BCUT2D eigenvalue weighted by molar-refractivity contribution is -0.396. The topological polar surface area (TPSA) is 231 Å². The maximum atomic E-state index is 14.1. The third-order valence-electron chi connectivity index (χ3n) is 16.5. The van der Waals surface area contributed by atoms with Gasteiger partial charge in [0.2, 0.25) is 0 Å². The van der Waals surface area contributed by atoms with E-state index in [2.05, 4.69) is 6.58 Å². The number of esters is 2. The smallest absolute Gasteiger partial charge is 0.490 e. The van der Waals surface area contributed by atoms with Crippen molar-refractivity contribution in [2.24, 2.45) is 11.8 Å². The third-order valence-corrected chi connectivity index (χ3v) is 20.5. The Morgan fingerprint density at radius 2 is 0.623 bits per heavy atom. The first-order valence-corrected chi connectivity index (χ1v) is 37.5. The maximum absolute atomic E-state index is 14.1. The molecule has 122 heavy (non-hydrogen) atoms. The van der Waals surface area contributed by atoms with Gasteiger partial charge in [0.1, 0.15) is 12.2 Å². The summed E-state index contributed by atoms with van der Waals surface area (Å²) in [6.07, 6.45) is -46.5. The van der Waals surface area contributed by atoms with Gasteiger partial charge < -0.3 is 55.0 Å². The van der Waals surface area contributed by atoms with Crippen LogP contribution >= 0.6 is 0 Å². The Bertz CT molecular complexity index is 3620. The molecule has 2 aromatic carbocycles. The number of unbranched alkanes of at least 4 members (excludes halogenated alkanes) is 1. The van der Waals surface area contributed by atoms with Crippen LogP contribution in [-0.2, 0) is 45.6 Å². The molecular weight excluding hydrogens is 1820 g/mol. The summed E-state index contributed by atoms with van der Waals surface area (Å²) in [7, 11) is 3.94. The lowest BCUT2D eigenvalue weighted by Crippen LogP contribution is -2.60. The SMILES string of the molecule is C=CCCC(=O)OC(c1cc(OCCCC(F)(F)C(F)(F)C(F)(F)C(F)(F)F)c(OCCCC(F)(F)C(F)(F)C(F)(F)C(F)(F)F)cc1[N+](=O)[O-])C(C)C.CO[SiH](OC)OC.CO[Si](CCCCC(=O)OC(c1cc(OCCCC(F)(F)C(F)(F)C(F)(F)C(F)(F)F)c(OCCCC(F)(F)C(F)(F)C(F)(F)C(F)(F)F)cc1[N+](=O)[O-])C(C)C)(OC)OC. The van der Waals surface area contributed by atoms with Gasteiger partial charge in [0, 0.05) is 87.2 Å². The van der Waals surface area contributed by atoms with Gasteiger partial charge in [-0.15, -0.1) is 6.58 Å². The second-order valence-corrected chi connectivity index (χ2v) is 31.2. The van der Waals surface area contributed by atoms with Crippen molar-refractivity contribution in [3.05, 3.63) is 68.3 Å². The summed E-state index contributed by atoms with van der Waals surface area (Å²) < 4.78 is 538. The van der Waals surface area contributed by atoms with Gasteiger partial charge >= 0.3 is 126 Å². The number of carbonyl (C=O) groups is 2. The van der Waals surface area contributed by atoms with Crippen molar-refractivity contribution in [3.8, 4) is 23.0 Å². The van der Waals surface area contributed by atoms with E-state index in [-0.39, 0.29) is 38.1 Å². The fraction of sp³-hybridized carbons (Fsp3) is 0.750. The number of allylic oxidation sites excluding steroid dienone is 1. The molecule has 0 fully saturated rings. The van der Waals surface area contributed by atoms with Crippen LogP contribution in [0.2, 0.25) is 6.04 Å². The fourth-order valence-electron chi connectivity index (χ4n) is 9.71. The molecule has 2 unspecified atom stereocenters. The fourth-order valence-corrected chi connectivity index (χ4v) is 12.1. The number of ether oxygens (including phenoxy) is 6. The normalized spacial score (nSPS) is 14.3. The van der Waals surface area contributed by atoms with E-state index in [0.29, 0.717) is 24.3 Å². The standard InChI is InChI=1S/C32H39F18NO9Si.C29H29F18NO6.C3H10O3Si/c1-18(2)24(60-23(52)10-6-7-15-61(55-3,56-4)57-5)19-16-21(58-13-8-11-25(33,34)27(37,38)29(41,42)31(45,46)47)22(17-20(19)51(53)54)59-14-9-12-26(35,36)28(39,40)30(43,44)32(48,49)50;1-4-5-8-20(49)54-21(15(2)3)16-13-18(52-11-6-9-22(30,31)24(34,35)26(38,39)28(42,43)44)19(14-17(16)48(50)51)53-12-7-10-23(32,33)25(36,37)27(40,41)29(45,46)47;1-4-7(5-2)6-3/h16-18,24H,6-15H2,1-5H3;4,13-15,21H,1,5-12H2,2-3H3;7H,1-3H3. The summed E-state index contributed by atoms with van der Waals surface area (Å²) in [5.41, 5.74) is -3.31. The molecule has 0 aliphatic rings. The van der Waals surface area contributed by atoms with E-state index in [4.69, 9.17) is 55.0 Å². The molecule has 2 rings (SSSR count). The molecule has 2 aromatic rings. The Labute approximate surface area is 670 Å². The van der Waals surface area contributed by atoms with E-state index < -0.39 is 283 Å². The molecule has 0 aliphatic heterocycles. The molecule has 0 radical (unpaired) electrons. The van der Waals surface area contributed by atoms with E-state index in [1.165, 1.54) is 55.1 Å². The molecule has 0 aromatic heterocycles. The zero-order valence-corrected chi connectivity index (χ0v) is 66.7. The number of nitro benzene ring substituents is 2. The van der Waals surface area contributed by atoms with Gasteiger partial charge in [-0.25, -0.2) is 0 Å². The molecule has 0 spiro atoms. The molecule has 0 aliphatic carbocycles. The predicted molar refractivity (Wildman–Crippen MR) is 349 cm³/mol. The number of nitro groups is 2. The predicted octanol–water partition coefficient (Wildman–Crippen LogP) is 21.8. The number of hydrogen-bond donors (Lipinski definition) is 0. The minimum absolute atomic E-state index is 0.0459. The number of rotatable bonds is 50. The highest BCUT2D eigenvalue weighted by molar-refractivity contribution is 6.60. The van der Waals surface area contributed by atoms with E-state index >= 15 is 0 Å². The van der Waals surface area contributed by atoms with Crippen molar-refractivity contribution in [1.82, 2.24) is 0 Å². The molecule has 0 amide bonds. The molecule has 0 N–H and O–H groups in total. The van der Waals surface area contributed by atoms with Crippen molar-refractivity contribution >= 4 is 41.6 Å². The summed E-state index contributed by atoms with van der Waals surface area (Å²) in [5, 5.41) is 24.1. The van der Waals surface area contributed by atoms with E-state index in [0.717, 1.165) is 0 Å². The summed E-state index contributed by atoms with van der Waals surface area (Å²) in [6, 6.07) is 2.12. The van der Waals surface area contributed by atoms with Crippen LogP contribution in [0.15, 0.2) is 36.9 Å². The van der Waals surface area contributed by atoms with Crippen LogP contribution in [0.4, 0.5) is 169 Å². The van der Waals surface area contributed by atoms with E-state index in [1.54, 1.807) is 21.3 Å². The second-order valence-electron chi connectivity index (χ2n) is 26.1. The van der Waals surface area contributed by atoms with Crippen molar-refractivity contribution < 1.29 is 232 Å². The minimum Gasteiger partial charge on any atom is -0.490 e. The van der Waals surface area contributed by atoms with Crippen LogP contribution in [0.5, 0.6) is 23.0 Å². The first-order chi connectivity index (χ1) is 55.0. The quantitative estimate of drug-likeness (QED) is 0.0114. The Balaban J connectivity index is 0.00000223. The van der Waals surface area contributed by atoms with Gasteiger partial charge in [-0.2, -0.15) is 158 Å². The van der Waals surface area contributed by atoms with Crippen molar-refractivity contribution in [2.45, 2.75) is 225 Å². The number of hydrogen-bond acceptors (Lipinski definition) is 18. The van der Waals surface area contributed by atoms with Crippen molar-refractivity contribution in [3.63, 3.8) is 0 Å². The van der Waals surface area contributed by atoms with Crippen molar-refractivity contribution in [2.75, 3.05) is 69.1 Å². The highest BCUT2D eigenvalue weighted by atomic mass is 28.4. The molecule has 712 valence electrons. The van der Waals surface area contributed by atoms with Gasteiger partial charge in [-0.05, 0) is 68.9 Å². The Hall–Kier alpha value is -7.21. The van der Waals surface area contributed by atoms with Crippen LogP contribution < -0.4 is 18.9 Å². The monoisotopic (exact) mass is 1900 g/mol. The summed E-state index contributed by atoms with van der Waals surface area (Å²) in [5.74, 6) is -88.9. The number of alkyl halides is 36. The molecule has 0 heterocycles. The number of carbonyl (C=O) groups excluding carboxylic acids is 2. The average Bonchev–Trinajstić information content (AvgIpc) is 0.756. The number of halogens is 36. The third kappa shape index (κ3) is 28.1. The Morgan fingerprint density at radius 3 is 0.820 bits per heavy atom. The minimum atomic E-state index is -7.24. The summed E-state index contributed by atoms with van der Waals surface area (Å²) >= 11 is 0. The van der Waals surface area contributed by atoms with Crippen molar-refractivity contribution in [1.29, 1.82) is 0 Å². The highest BCUT2D eigenvalue weighted by Crippen LogP contribution is 2.59. The zero-order valence-electron chi connectivity index (χ0n) is 64.6. The highest BCUT2D eigenvalue weighted by Gasteiger charge is 2.84. The van der Waals surface area contributed by atoms with Gasteiger partial charge in [0.15, 0.2) is 23.0 Å². The largest absolute Gasteiger partial charge is 0.500 e. The van der Waals surface area contributed by atoms with Crippen LogP contribution in [0.1, 0.15) is 135 Å². The Kier molecular flexibility index (Phi) is 41.7. The number of nitrogens with zero attached hydrogens (tertiary/aromatic N) is 2. The van der Waals surface area contributed by atoms with Gasteiger partial charge in [0.25, 0.3) is 11.4 Å². The molecule has 20 nitrogen and oxygen atoms in total. The van der Waals surface area contributed by atoms with Crippen LogP contribution in [0, 0.1) is 32.1 Å². The average molecular weight is 1900 g/mol. The Morgan fingerprint density at radius 1 is 0.385 bits per heavy atom. The molecule has 0 bridgehead atoms. The molecule has 58 heteroatoms. The number of benzene rings is 2. The molecule has 0 saturated heterocycles. The van der Waals surface area contributed by atoms with Gasteiger partial charge in [0.05, 0.1) is 59.5 Å². The van der Waals surface area contributed by atoms with Gasteiger partial charge in [-0.3, -0.25) is 29.8 Å². The second kappa shape index (κ2) is 44.3. The molecule has 2 atom stereocenters. The summed E-state index contributed by atoms with van der Waals surface area (Å²) in [6.45, 7) is 3.32. The van der Waals surface area contributed by atoms with Gasteiger partial charge in [-0.1, -0.05) is 33.8 Å². The van der Waals surface area contributed by atoms with Crippen LogP contribution in [0.3, 0.4) is 0 Å². The first kappa shape index (κ1) is 115. The molecular formula is C64H78F36N2O18Si2. The lowest BCUT2D eigenvalue weighted by Gasteiger charge is -2.33. The zero-order chi connectivity index (χ0) is 96.1. The lowest BCUT2D eigenvalue weighted by atomic mass is 9.96. The van der Waals surface area contributed by atoms with Crippen LogP contribution in [0.25, 0.3) is 0 Å². The van der Waals surface area contributed by atoms with E-state index in [9.17, 15) is 188 Å².